The SMILES string of the molecule is Cc1ccnc(C(Cc2ccc(Cl)c(F)c2)NN)c1. The van der Waals surface area contributed by atoms with E-state index < -0.39 is 5.82 Å². The van der Waals surface area contributed by atoms with Gasteiger partial charge in [0.2, 0.25) is 0 Å². The van der Waals surface area contributed by atoms with Gasteiger partial charge in [-0.2, -0.15) is 0 Å². The molecule has 2 aromatic rings. The van der Waals surface area contributed by atoms with E-state index in [1.807, 2.05) is 19.1 Å². The van der Waals surface area contributed by atoms with Crippen molar-refractivity contribution < 1.29 is 4.39 Å². The number of rotatable bonds is 4. The number of nitrogens with one attached hydrogen (secondary N) is 1. The summed E-state index contributed by atoms with van der Waals surface area (Å²) >= 11 is 5.66. The Morgan fingerprint density at radius 2 is 2.16 bits per heavy atom. The molecule has 0 saturated carbocycles. The third kappa shape index (κ3) is 3.50. The largest absolute Gasteiger partial charge is 0.271 e. The van der Waals surface area contributed by atoms with Crippen molar-refractivity contribution in [3.05, 3.63) is 64.2 Å². The zero-order valence-electron chi connectivity index (χ0n) is 10.5. The molecular formula is C14H15ClFN3. The lowest BCUT2D eigenvalue weighted by molar-refractivity contribution is 0.535. The first-order chi connectivity index (χ1) is 9.10. The van der Waals surface area contributed by atoms with Gasteiger partial charge in [0.05, 0.1) is 16.8 Å². The number of benzene rings is 1. The van der Waals surface area contributed by atoms with Gasteiger partial charge in [-0.05, 0) is 48.7 Å². The van der Waals surface area contributed by atoms with E-state index in [0.29, 0.717) is 6.42 Å². The second kappa shape index (κ2) is 6.10. The van der Waals surface area contributed by atoms with Crippen LogP contribution >= 0.6 is 11.6 Å². The van der Waals surface area contributed by atoms with Crippen molar-refractivity contribution in [2.24, 2.45) is 5.84 Å². The third-order valence-corrected chi connectivity index (χ3v) is 3.23. The summed E-state index contributed by atoms with van der Waals surface area (Å²) in [6.45, 7) is 1.99. The first-order valence-corrected chi connectivity index (χ1v) is 6.30. The van der Waals surface area contributed by atoms with Crippen LogP contribution in [0.25, 0.3) is 0 Å². The molecule has 3 nitrogen and oxygen atoms in total. The van der Waals surface area contributed by atoms with Gasteiger partial charge in [0.15, 0.2) is 0 Å². The molecule has 1 aromatic carbocycles. The van der Waals surface area contributed by atoms with E-state index in [1.165, 1.54) is 6.07 Å². The highest BCUT2D eigenvalue weighted by Crippen LogP contribution is 2.20. The Hall–Kier alpha value is -1.49. The maximum atomic E-state index is 13.4. The number of hydrazine groups is 1. The van der Waals surface area contributed by atoms with Crippen LogP contribution in [0.5, 0.6) is 0 Å². The number of aromatic nitrogens is 1. The summed E-state index contributed by atoms with van der Waals surface area (Å²) in [6.07, 6.45) is 2.28. The molecule has 1 unspecified atom stereocenters. The summed E-state index contributed by atoms with van der Waals surface area (Å²) in [4.78, 5) is 4.28. The number of aryl methyl sites for hydroxylation is 1. The molecule has 3 N–H and O–H groups in total. The van der Waals surface area contributed by atoms with Gasteiger partial charge >= 0.3 is 0 Å². The normalized spacial score (nSPS) is 12.4. The van der Waals surface area contributed by atoms with Gasteiger partial charge in [0.25, 0.3) is 0 Å². The second-order valence-electron chi connectivity index (χ2n) is 4.43. The molecule has 0 spiro atoms. The van der Waals surface area contributed by atoms with Crippen LogP contribution in [0.2, 0.25) is 5.02 Å². The Balaban J connectivity index is 2.21. The van der Waals surface area contributed by atoms with Crippen molar-refractivity contribution in [3.63, 3.8) is 0 Å². The average molecular weight is 280 g/mol. The van der Waals surface area contributed by atoms with Gasteiger partial charge in [-0.25, -0.2) is 4.39 Å². The zero-order chi connectivity index (χ0) is 13.8. The molecule has 0 radical (unpaired) electrons. The first kappa shape index (κ1) is 13.9. The van der Waals surface area contributed by atoms with Crippen LogP contribution in [0.4, 0.5) is 4.39 Å². The summed E-state index contributed by atoms with van der Waals surface area (Å²) in [5, 5.41) is 0.120. The standard InChI is InChI=1S/C14H15ClFN3/c1-9-4-5-18-13(6-9)14(19-17)8-10-2-3-11(15)12(16)7-10/h2-7,14,19H,8,17H2,1H3. The maximum Gasteiger partial charge on any atom is 0.142 e. The fourth-order valence-corrected chi connectivity index (χ4v) is 2.02. The highest BCUT2D eigenvalue weighted by Gasteiger charge is 2.13. The molecule has 0 fully saturated rings. The lowest BCUT2D eigenvalue weighted by Crippen LogP contribution is -2.30. The van der Waals surface area contributed by atoms with Crippen LogP contribution in [-0.4, -0.2) is 4.98 Å². The Bertz CT molecular complexity index is 574. The van der Waals surface area contributed by atoms with Crippen LogP contribution in [0, 0.1) is 12.7 Å². The summed E-state index contributed by atoms with van der Waals surface area (Å²) < 4.78 is 13.4. The number of pyridine rings is 1. The molecule has 0 bridgehead atoms. The lowest BCUT2D eigenvalue weighted by Gasteiger charge is -2.16. The minimum atomic E-state index is -0.424. The molecule has 19 heavy (non-hydrogen) atoms. The van der Waals surface area contributed by atoms with E-state index in [2.05, 4.69) is 10.4 Å². The van der Waals surface area contributed by atoms with Gasteiger partial charge in [-0.15, -0.1) is 0 Å². The maximum absolute atomic E-state index is 13.4. The Morgan fingerprint density at radius 1 is 1.37 bits per heavy atom. The molecule has 1 atom stereocenters. The number of hydrogen-bond acceptors (Lipinski definition) is 3. The molecule has 1 aromatic heterocycles. The zero-order valence-corrected chi connectivity index (χ0v) is 11.3. The predicted molar refractivity (Wildman–Crippen MR) is 74.2 cm³/mol. The van der Waals surface area contributed by atoms with E-state index in [1.54, 1.807) is 18.3 Å². The van der Waals surface area contributed by atoms with Crippen molar-refractivity contribution in [2.75, 3.05) is 0 Å². The smallest absolute Gasteiger partial charge is 0.142 e. The number of hydrogen-bond donors (Lipinski definition) is 2. The molecule has 0 aliphatic carbocycles. The molecule has 5 heteroatoms. The topological polar surface area (TPSA) is 50.9 Å². The summed E-state index contributed by atoms with van der Waals surface area (Å²) in [5.41, 5.74) is 5.46. The van der Waals surface area contributed by atoms with Gasteiger partial charge < -0.3 is 0 Å². The molecule has 0 saturated heterocycles. The molecule has 2 rings (SSSR count). The van der Waals surface area contributed by atoms with Gasteiger partial charge in [0.1, 0.15) is 5.82 Å². The summed E-state index contributed by atoms with van der Waals surface area (Å²) in [7, 11) is 0. The monoisotopic (exact) mass is 279 g/mol. The Kier molecular flexibility index (Phi) is 4.47. The van der Waals surface area contributed by atoms with Crippen LogP contribution in [0.15, 0.2) is 36.5 Å². The van der Waals surface area contributed by atoms with Crippen LogP contribution < -0.4 is 11.3 Å². The van der Waals surface area contributed by atoms with Crippen LogP contribution in [-0.2, 0) is 6.42 Å². The Morgan fingerprint density at radius 3 is 2.79 bits per heavy atom. The van der Waals surface area contributed by atoms with Crippen molar-refractivity contribution in [3.8, 4) is 0 Å². The average Bonchev–Trinajstić information content (AvgIpc) is 2.40. The summed E-state index contributed by atoms with van der Waals surface area (Å²) in [6, 6.07) is 8.45. The van der Waals surface area contributed by atoms with Crippen LogP contribution in [0.1, 0.15) is 22.9 Å². The van der Waals surface area contributed by atoms with Crippen molar-refractivity contribution in [1.29, 1.82) is 0 Å². The van der Waals surface area contributed by atoms with Gasteiger partial charge in [-0.3, -0.25) is 16.3 Å². The van der Waals surface area contributed by atoms with E-state index >= 15 is 0 Å². The fraction of sp³-hybridized carbons (Fsp3) is 0.214. The highest BCUT2D eigenvalue weighted by molar-refractivity contribution is 6.30. The molecule has 0 amide bonds. The highest BCUT2D eigenvalue weighted by atomic mass is 35.5. The summed E-state index contributed by atoms with van der Waals surface area (Å²) in [5.74, 6) is 5.14. The van der Waals surface area contributed by atoms with E-state index in [4.69, 9.17) is 17.4 Å². The molecule has 100 valence electrons. The Labute approximate surface area is 116 Å². The fourth-order valence-electron chi connectivity index (χ4n) is 1.90. The van der Waals surface area contributed by atoms with E-state index in [0.717, 1.165) is 16.8 Å². The van der Waals surface area contributed by atoms with Crippen molar-refractivity contribution >= 4 is 11.6 Å². The minimum absolute atomic E-state index is 0.120. The lowest BCUT2D eigenvalue weighted by atomic mass is 10.0. The molecule has 0 aliphatic heterocycles. The van der Waals surface area contributed by atoms with E-state index in [-0.39, 0.29) is 11.1 Å². The van der Waals surface area contributed by atoms with Crippen LogP contribution in [0.3, 0.4) is 0 Å². The van der Waals surface area contributed by atoms with Crippen molar-refractivity contribution in [1.82, 2.24) is 10.4 Å². The molecule has 1 heterocycles. The van der Waals surface area contributed by atoms with Crippen molar-refractivity contribution in [2.45, 2.75) is 19.4 Å². The number of nitrogens with two attached hydrogens (primary N) is 1. The quantitative estimate of drug-likeness (QED) is 0.668. The third-order valence-electron chi connectivity index (χ3n) is 2.92. The molecular weight excluding hydrogens is 265 g/mol. The van der Waals surface area contributed by atoms with E-state index in [9.17, 15) is 4.39 Å². The number of halogens is 2. The molecule has 0 aliphatic rings. The number of nitrogens with zero attached hydrogens (tertiary/aromatic N) is 1. The van der Waals surface area contributed by atoms with Gasteiger partial charge in [-0.1, -0.05) is 17.7 Å². The predicted octanol–water partition coefficient (Wildman–Crippen LogP) is 2.93. The van der Waals surface area contributed by atoms with Gasteiger partial charge in [0, 0.05) is 6.20 Å². The second-order valence-corrected chi connectivity index (χ2v) is 4.84. The first-order valence-electron chi connectivity index (χ1n) is 5.92. The minimum Gasteiger partial charge on any atom is -0.271 e.